The lowest BCUT2D eigenvalue weighted by molar-refractivity contribution is -0.138. The molecule has 0 saturated heterocycles. The maximum Gasteiger partial charge on any atom is 0.343 e. The van der Waals surface area contributed by atoms with E-state index in [4.69, 9.17) is 28.4 Å². The molecule has 0 amide bonds. The third-order valence-electron chi connectivity index (χ3n) is 12.3. The van der Waals surface area contributed by atoms with Crippen LogP contribution >= 0.6 is 0 Å². The maximum absolute atomic E-state index is 13.4. The number of hydrogen-bond acceptors (Lipinski definition) is 14. The van der Waals surface area contributed by atoms with E-state index >= 15 is 0 Å². The van der Waals surface area contributed by atoms with E-state index < -0.39 is 11.9 Å². The number of carbonyl (C=O) groups excluding carboxylic acids is 4. The molecule has 0 N–H and O–H groups in total. The Bertz CT molecular complexity index is 2460. The second-order valence-electron chi connectivity index (χ2n) is 18.1. The number of unbranched alkanes of at least 4 members (excludes halogenated alkanes) is 18. The number of aryl methyl sites for hydroxylation is 1. The summed E-state index contributed by atoms with van der Waals surface area (Å²) in [6.45, 7) is 10.9. The van der Waals surface area contributed by atoms with Gasteiger partial charge in [-0.1, -0.05) is 153 Å². The molecule has 0 bridgehead atoms. The molecule has 0 aliphatic carbocycles. The van der Waals surface area contributed by atoms with Crippen molar-refractivity contribution >= 4 is 23.9 Å². The van der Waals surface area contributed by atoms with Gasteiger partial charge in [0.15, 0.2) is 34.6 Å². The first-order valence-corrected chi connectivity index (χ1v) is 26.5. The van der Waals surface area contributed by atoms with Gasteiger partial charge in [0, 0.05) is 23.3 Å². The Hall–Kier alpha value is -7.22. The number of hydrogen-bond donors (Lipinski definition) is 0. The predicted octanol–water partition coefficient (Wildman–Crippen LogP) is 13.6. The highest BCUT2D eigenvalue weighted by atomic mass is 16.6. The third-order valence-corrected chi connectivity index (χ3v) is 12.3. The van der Waals surface area contributed by atoms with Crippen LogP contribution in [0.25, 0.3) is 22.8 Å². The van der Waals surface area contributed by atoms with Crippen molar-refractivity contribution in [2.45, 2.75) is 142 Å². The smallest absolute Gasteiger partial charge is 0.343 e. The van der Waals surface area contributed by atoms with Crippen molar-refractivity contribution in [3.8, 4) is 45.8 Å². The van der Waals surface area contributed by atoms with Crippen LogP contribution in [-0.2, 0) is 25.5 Å². The molecule has 5 rings (SSSR count). The zero-order chi connectivity index (χ0) is 52.4. The summed E-state index contributed by atoms with van der Waals surface area (Å²) in [6, 6.07) is 18.7. The van der Waals surface area contributed by atoms with Crippen LogP contribution in [0.3, 0.4) is 0 Å². The van der Waals surface area contributed by atoms with Gasteiger partial charge >= 0.3 is 23.9 Å². The number of ether oxygens (including phenoxy) is 6. The van der Waals surface area contributed by atoms with Crippen LogP contribution in [-0.4, -0.2) is 70.2 Å². The van der Waals surface area contributed by atoms with Gasteiger partial charge in [0.05, 0.1) is 62.3 Å². The van der Waals surface area contributed by atoms with Gasteiger partial charge in [-0.2, -0.15) is 0 Å². The first-order chi connectivity index (χ1) is 36.3. The van der Waals surface area contributed by atoms with Gasteiger partial charge in [-0.3, -0.25) is 0 Å². The molecule has 74 heavy (non-hydrogen) atoms. The molecule has 0 radical (unpaired) electrons. The van der Waals surface area contributed by atoms with Crippen LogP contribution in [0, 0.1) is 0 Å². The summed E-state index contributed by atoms with van der Waals surface area (Å²) in [5.41, 5.74) is 2.95. The standard InChI is InChI=1S/C60H74N4O10/c1-4-46-27-36-53(73-59(67)49-32-28-47(29-33-49)57-61-42-51(43-62-57)69-37-23-19-15-11-7-9-13-17-21-25-39-71-55(65)5-2)54(41-46)74-60(68)50-34-30-48(31-35-50)58-63-44-52(45-64-58)70-38-24-20-16-12-8-10-14-18-22-26-40-72-56(66)6-3/h5-6,27-36,41-45H,2-4,7-26,37-40H2,1H3. The van der Waals surface area contributed by atoms with Gasteiger partial charge in [0.25, 0.3) is 0 Å². The van der Waals surface area contributed by atoms with Crippen LogP contribution in [0.1, 0.15) is 162 Å². The molecule has 14 nitrogen and oxygen atoms in total. The van der Waals surface area contributed by atoms with E-state index in [1.165, 1.54) is 76.4 Å². The molecular weight excluding hydrogens is 937 g/mol. The molecule has 14 heteroatoms. The monoisotopic (exact) mass is 1010 g/mol. The van der Waals surface area contributed by atoms with Gasteiger partial charge in [0.2, 0.25) is 0 Å². The van der Waals surface area contributed by atoms with Crippen LogP contribution in [0.5, 0.6) is 23.0 Å². The van der Waals surface area contributed by atoms with Crippen molar-refractivity contribution in [1.29, 1.82) is 0 Å². The first kappa shape index (κ1) is 57.7. The minimum atomic E-state index is -0.616. The molecule has 0 atom stereocenters. The molecule has 0 unspecified atom stereocenters. The van der Waals surface area contributed by atoms with E-state index in [2.05, 4.69) is 33.1 Å². The zero-order valence-electron chi connectivity index (χ0n) is 43.3. The fourth-order valence-electron chi connectivity index (χ4n) is 7.92. The summed E-state index contributed by atoms with van der Waals surface area (Å²) < 4.78 is 33.4. The molecule has 0 spiro atoms. The second-order valence-corrected chi connectivity index (χ2v) is 18.1. The number of aromatic nitrogens is 4. The Balaban J connectivity index is 0.975. The number of rotatable bonds is 37. The number of benzene rings is 3. The first-order valence-electron chi connectivity index (χ1n) is 26.5. The summed E-state index contributed by atoms with van der Waals surface area (Å²) in [4.78, 5) is 66.8. The molecule has 3 aromatic carbocycles. The molecule has 2 heterocycles. The summed E-state index contributed by atoms with van der Waals surface area (Å²) in [7, 11) is 0. The van der Waals surface area contributed by atoms with Crippen molar-refractivity contribution in [2.75, 3.05) is 26.4 Å². The summed E-state index contributed by atoms with van der Waals surface area (Å²) in [5, 5.41) is 0. The highest BCUT2D eigenvalue weighted by Gasteiger charge is 2.18. The molecule has 394 valence electrons. The quantitative estimate of drug-likeness (QED) is 0.0159. The second kappa shape index (κ2) is 34.2. The number of nitrogens with zero attached hydrogens (tertiary/aromatic N) is 4. The van der Waals surface area contributed by atoms with Gasteiger partial charge in [-0.15, -0.1) is 0 Å². The fourth-order valence-corrected chi connectivity index (χ4v) is 7.92. The zero-order valence-corrected chi connectivity index (χ0v) is 43.3. The largest absolute Gasteiger partial charge is 0.490 e. The lowest BCUT2D eigenvalue weighted by atomic mass is 10.1. The van der Waals surface area contributed by atoms with E-state index in [-0.39, 0.29) is 23.4 Å². The van der Waals surface area contributed by atoms with Crippen LogP contribution < -0.4 is 18.9 Å². The Morgan fingerprint density at radius 3 is 1.12 bits per heavy atom. The Morgan fingerprint density at radius 1 is 0.432 bits per heavy atom. The lowest BCUT2D eigenvalue weighted by Crippen LogP contribution is -2.13. The molecular formula is C60H74N4O10. The Labute approximate surface area is 437 Å². The summed E-state index contributed by atoms with van der Waals surface area (Å²) in [6.07, 6.45) is 32.2. The van der Waals surface area contributed by atoms with Gasteiger partial charge in [-0.05, 0) is 74.1 Å². The van der Waals surface area contributed by atoms with Crippen molar-refractivity contribution in [3.05, 3.63) is 134 Å². The van der Waals surface area contributed by atoms with E-state index in [9.17, 15) is 19.2 Å². The molecule has 0 aliphatic heterocycles. The van der Waals surface area contributed by atoms with Gasteiger partial charge in [0.1, 0.15) is 0 Å². The highest BCUT2D eigenvalue weighted by Crippen LogP contribution is 2.31. The van der Waals surface area contributed by atoms with Crippen molar-refractivity contribution in [3.63, 3.8) is 0 Å². The molecule has 0 saturated carbocycles. The average molecular weight is 1010 g/mol. The van der Waals surface area contributed by atoms with E-state index in [1.807, 2.05) is 13.0 Å². The Kier molecular flexibility index (Phi) is 26.7. The summed E-state index contributed by atoms with van der Waals surface area (Å²) in [5.74, 6) is 0.503. The van der Waals surface area contributed by atoms with Gasteiger partial charge in [-0.25, -0.2) is 39.1 Å². The van der Waals surface area contributed by atoms with E-state index in [0.717, 1.165) is 80.9 Å². The average Bonchev–Trinajstić information content (AvgIpc) is 3.43. The van der Waals surface area contributed by atoms with E-state index in [0.29, 0.717) is 67.1 Å². The SMILES string of the molecule is C=CC(=O)OCCCCCCCCCCCCOc1cnc(-c2ccc(C(=O)Oc3ccc(CC)cc3OC(=O)c3ccc(-c4ncc(OCCCCCCCCCCCCOC(=O)C=C)cn4)cc3)cc2)nc1. The van der Waals surface area contributed by atoms with Crippen LogP contribution in [0.4, 0.5) is 0 Å². The van der Waals surface area contributed by atoms with Crippen LogP contribution in [0.2, 0.25) is 0 Å². The predicted molar refractivity (Wildman–Crippen MR) is 286 cm³/mol. The molecule has 5 aromatic rings. The molecule has 2 aromatic heterocycles. The highest BCUT2D eigenvalue weighted by molar-refractivity contribution is 5.94. The minimum absolute atomic E-state index is 0.114. The topological polar surface area (TPSA) is 175 Å². The summed E-state index contributed by atoms with van der Waals surface area (Å²) >= 11 is 0. The fraction of sp³-hybridized carbons (Fsp3) is 0.433. The van der Waals surface area contributed by atoms with Crippen molar-refractivity contribution in [2.24, 2.45) is 0 Å². The minimum Gasteiger partial charge on any atom is -0.490 e. The normalized spacial score (nSPS) is 10.8. The van der Waals surface area contributed by atoms with Crippen molar-refractivity contribution in [1.82, 2.24) is 19.9 Å². The maximum atomic E-state index is 13.4. The molecule has 0 fully saturated rings. The van der Waals surface area contributed by atoms with Crippen molar-refractivity contribution < 1.29 is 47.6 Å². The van der Waals surface area contributed by atoms with Gasteiger partial charge < -0.3 is 28.4 Å². The third kappa shape index (κ3) is 21.9. The lowest BCUT2D eigenvalue weighted by Gasteiger charge is -2.12. The van der Waals surface area contributed by atoms with E-state index in [1.54, 1.807) is 85.5 Å². The molecule has 0 aliphatic rings. The van der Waals surface area contributed by atoms with Crippen LogP contribution in [0.15, 0.2) is 117 Å². The Morgan fingerprint density at radius 2 is 0.770 bits per heavy atom. The number of carbonyl (C=O) groups is 4. The number of esters is 4.